The Kier molecular flexibility index (Phi) is 3.31. The van der Waals surface area contributed by atoms with Crippen LogP contribution in [0.2, 0.25) is 0 Å². The molecule has 0 unspecified atom stereocenters. The minimum atomic E-state index is -1.86. The summed E-state index contributed by atoms with van der Waals surface area (Å²) in [7, 11) is 0. The van der Waals surface area contributed by atoms with Crippen molar-refractivity contribution in [3.63, 3.8) is 0 Å². The molecular weight excluding hydrogens is 196 g/mol. The second kappa shape index (κ2) is 4.31. The van der Waals surface area contributed by atoms with E-state index in [2.05, 4.69) is 0 Å². The highest BCUT2D eigenvalue weighted by molar-refractivity contribution is 5.76. The third kappa shape index (κ3) is 3.25. The Morgan fingerprint density at radius 3 is 2.40 bits per heavy atom. The molecule has 1 atom stereocenters. The molecule has 2 N–H and O–H groups in total. The van der Waals surface area contributed by atoms with Crippen LogP contribution >= 0.6 is 0 Å². The van der Waals surface area contributed by atoms with Gasteiger partial charge in [-0.1, -0.05) is 17.7 Å². The highest BCUT2D eigenvalue weighted by Gasteiger charge is 2.30. The molecule has 0 fully saturated rings. The molecule has 0 amide bonds. The van der Waals surface area contributed by atoms with Gasteiger partial charge in [0.15, 0.2) is 5.60 Å². The van der Waals surface area contributed by atoms with Gasteiger partial charge in [0.1, 0.15) is 12.4 Å². The minimum Gasteiger partial charge on any atom is -0.490 e. The maximum absolute atomic E-state index is 10.6. The lowest BCUT2D eigenvalue weighted by molar-refractivity contribution is -0.159. The largest absolute Gasteiger partial charge is 0.490 e. The quantitative estimate of drug-likeness (QED) is 0.783. The summed E-state index contributed by atoms with van der Waals surface area (Å²) >= 11 is 0. The van der Waals surface area contributed by atoms with Crippen LogP contribution in [-0.4, -0.2) is 28.4 Å². The first-order valence-corrected chi connectivity index (χ1v) is 4.57. The van der Waals surface area contributed by atoms with Crippen molar-refractivity contribution in [1.82, 2.24) is 0 Å². The predicted molar refractivity (Wildman–Crippen MR) is 54.9 cm³/mol. The average Bonchev–Trinajstić information content (AvgIpc) is 2.17. The normalized spacial score (nSPS) is 14.3. The van der Waals surface area contributed by atoms with E-state index in [1.54, 1.807) is 12.1 Å². The van der Waals surface area contributed by atoms with Gasteiger partial charge >= 0.3 is 5.97 Å². The van der Waals surface area contributed by atoms with Crippen LogP contribution in [0.5, 0.6) is 5.75 Å². The van der Waals surface area contributed by atoms with Crippen LogP contribution in [0.4, 0.5) is 0 Å². The molecule has 0 heterocycles. The van der Waals surface area contributed by atoms with Crippen LogP contribution in [0, 0.1) is 6.92 Å². The zero-order chi connectivity index (χ0) is 11.5. The van der Waals surface area contributed by atoms with Gasteiger partial charge in [0.05, 0.1) is 0 Å². The standard InChI is InChI=1S/C11H14O4/c1-8-3-5-9(6-4-8)15-7-11(2,14)10(12)13/h3-6,14H,7H2,1-2H3,(H,12,13)/t11-/m1/s1. The third-order valence-electron chi connectivity index (χ3n) is 2.00. The second-order valence-electron chi connectivity index (χ2n) is 3.68. The number of aryl methyl sites for hydroxylation is 1. The van der Waals surface area contributed by atoms with Crippen molar-refractivity contribution in [2.45, 2.75) is 19.4 Å². The molecule has 0 radical (unpaired) electrons. The van der Waals surface area contributed by atoms with Gasteiger partial charge in [-0.15, -0.1) is 0 Å². The summed E-state index contributed by atoms with van der Waals surface area (Å²) < 4.78 is 5.16. The maximum atomic E-state index is 10.6. The van der Waals surface area contributed by atoms with Crippen molar-refractivity contribution in [3.05, 3.63) is 29.8 Å². The molecule has 0 aliphatic heterocycles. The molecule has 0 saturated heterocycles. The number of carboxylic acid groups (broad SMARTS) is 1. The Hall–Kier alpha value is -1.55. The van der Waals surface area contributed by atoms with Gasteiger partial charge in [0, 0.05) is 0 Å². The Bertz CT molecular complexity index is 340. The SMILES string of the molecule is Cc1ccc(OC[C@@](C)(O)C(=O)O)cc1. The first-order chi connectivity index (χ1) is 6.92. The monoisotopic (exact) mass is 210 g/mol. The molecule has 1 aromatic rings. The van der Waals surface area contributed by atoms with Crippen LogP contribution < -0.4 is 4.74 Å². The van der Waals surface area contributed by atoms with E-state index in [0.29, 0.717) is 5.75 Å². The van der Waals surface area contributed by atoms with E-state index in [0.717, 1.165) is 5.56 Å². The lowest BCUT2D eigenvalue weighted by Crippen LogP contribution is -2.41. The predicted octanol–water partition coefficient (Wildman–Crippen LogP) is 1.21. The van der Waals surface area contributed by atoms with E-state index in [4.69, 9.17) is 9.84 Å². The number of benzene rings is 1. The number of aliphatic hydroxyl groups is 1. The molecule has 0 aliphatic carbocycles. The summed E-state index contributed by atoms with van der Waals surface area (Å²) in [6, 6.07) is 7.16. The van der Waals surface area contributed by atoms with E-state index < -0.39 is 11.6 Å². The zero-order valence-electron chi connectivity index (χ0n) is 8.73. The molecule has 82 valence electrons. The van der Waals surface area contributed by atoms with Gasteiger partial charge < -0.3 is 14.9 Å². The minimum absolute atomic E-state index is 0.272. The lowest BCUT2D eigenvalue weighted by Gasteiger charge is -2.18. The van der Waals surface area contributed by atoms with Crippen molar-refractivity contribution >= 4 is 5.97 Å². The highest BCUT2D eigenvalue weighted by Crippen LogP contribution is 2.14. The van der Waals surface area contributed by atoms with E-state index in [1.807, 2.05) is 19.1 Å². The smallest absolute Gasteiger partial charge is 0.339 e. The van der Waals surface area contributed by atoms with Crippen LogP contribution in [0.25, 0.3) is 0 Å². The van der Waals surface area contributed by atoms with E-state index in [9.17, 15) is 9.90 Å². The van der Waals surface area contributed by atoms with Crippen molar-refractivity contribution in [3.8, 4) is 5.75 Å². The Morgan fingerprint density at radius 2 is 1.93 bits per heavy atom. The number of carbonyl (C=O) groups is 1. The van der Waals surface area contributed by atoms with Crippen LogP contribution in [-0.2, 0) is 4.79 Å². The topological polar surface area (TPSA) is 66.8 Å². The highest BCUT2D eigenvalue weighted by atomic mass is 16.5. The number of hydrogen-bond donors (Lipinski definition) is 2. The lowest BCUT2D eigenvalue weighted by atomic mass is 10.1. The summed E-state index contributed by atoms with van der Waals surface area (Å²) in [5.74, 6) is -0.753. The van der Waals surface area contributed by atoms with E-state index in [1.165, 1.54) is 6.92 Å². The van der Waals surface area contributed by atoms with Crippen molar-refractivity contribution in [1.29, 1.82) is 0 Å². The zero-order valence-corrected chi connectivity index (χ0v) is 8.73. The maximum Gasteiger partial charge on any atom is 0.339 e. The van der Waals surface area contributed by atoms with E-state index >= 15 is 0 Å². The summed E-state index contributed by atoms with van der Waals surface area (Å²) in [4.78, 5) is 10.6. The summed E-state index contributed by atoms with van der Waals surface area (Å²) in [5.41, 5.74) is -0.766. The molecule has 0 spiro atoms. The molecule has 4 heteroatoms. The van der Waals surface area contributed by atoms with Crippen molar-refractivity contribution in [2.24, 2.45) is 0 Å². The van der Waals surface area contributed by atoms with Gasteiger partial charge in [-0.2, -0.15) is 0 Å². The number of hydrogen-bond acceptors (Lipinski definition) is 3. The molecule has 4 nitrogen and oxygen atoms in total. The first-order valence-electron chi connectivity index (χ1n) is 4.57. The van der Waals surface area contributed by atoms with Gasteiger partial charge in [0.2, 0.25) is 0 Å². The fourth-order valence-electron chi connectivity index (χ4n) is 0.920. The molecular formula is C11H14O4. The fraction of sp³-hybridized carbons (Fsp3) is 0.364. The molecule has 0 aliphatic rings. The second-order valence-corrected chi connectivity index (χ2v) is 3.68. The molecule has 0 bridgehead atoms. The summed E-state index contributed by atoms with van der Waals surface area (Å²) in [6.07, 6.45) is 0. The molecule has 0 aromatic heterocycles. The van der Waals surface area contributed by atoms with Crippen molar-refractivity contribution < 1.29 is 19.7 Å². The molecule has 15 heavy (non-hydrogen) atoms. The first kappa shape index (κ1) is 11.5. The Balaban J connectivity index is 2.57. The average molecular weight is 210 g/mol. The van der Waals surface area contributed by atoms with Gasteiger partial charge in [-0.05, 0) is 26.0 Å². The number of carboxylic acids is 1. The summed E-state index contributed by atoms with van der Waals surface area (Å²) in [5, 5.41) is 18.0. The van der Waals surface area contributed by atoms with Crippen LogP contribution in [0.15, 0.2) is 24.3 Å². The van der Waals surface area contributed by atoms with Gasteiger partial charge in [-0.25, -0.2) is 4.79 Å². The van der Waals surface area contributed by atoms with Gasteiger partial charge in [-0.3, -0.25) is 0 Å². The fourth-order valence-corrected chi connectivity index (χ4v) is 0.920. The Labute approximate surface area is 88.1 Å². The number of rotatable bonds is 4. The van der Waals surface area contributed by atoms with Gasteiger partial charge in [0.25, 0.3) is 0 Å². The number of aliphatic carboxylic acids is 1. The molecule has 1 rings (SSSR count). The molecule has 1 aromatic carbocycles. The third-order valence-corrected chi connectivity index (χ3v) is 2.00. The Morgan fingerprint density at radius 1 is 1.40 bits per heavy atom. The molecule has 0 saturated carbocycles. The summed E-state index contributed by atoms with van der Waals surface area (Å²) in [6.45, 7) is 2.87. The van der Waals surface area contributed by atoms with Crippen LogP contribution in [0.1, 0.15) is 12.5 Å². The van der Waals surface area contributed by atoms with Crippen molar-refractivity contribution in [2.75, 3.05) is 6.61 Å². The van der Waals surface area contributed by atoms with Crippen LogP contribution in [0.3, 0.4) is 0 Å². The van der Waals surface area contributed by atoms with E-state index in [-0.39, 0.29) is 6.61 Å². The number of ether oxygens (including phenoxy) is 1.